The van der Waals surface area contributed by atoms with E-state index in [1.54, 1.807) is 12.1 Å². The minimum atomic E-state index is -3.70. The van der Waals surface area contributed by atoms with Gasteiger partial charge >= 0.3 is 0 Å². The molecule has 154 valence electrons. The number of benzene rings is 2. The van der Waals surface area contributed by atoms with Crippen LogP contribution in [0.15, 0.2) is 53.9 Å². The zero-order valence-electron chi connectivity index (χ0n) is 15.6. The van der Waals surface area contributed by atoms with Crippen LogP contribution in [0.2, 0.25) is 5.02 Å². The standard InChI is InChI=1S/C20H21ClN2O5S/c1-2-7-23-29(25,26)16-5-3-4-15(13-16)20(24)22-8-6-14-11-17(21)19-18(12-14)27-9-10-28-19/h2-5,11-13,23H,1,6-10H2,(H,22,24). The first-order valence-corrected chi connectivity index (χ1v) is 10.8. The highest BCUT2D eigenvalue weighted by Crippen LogP contribution is 2.38. The molecule has 0 aromatic heterocycles. The van der Waals surface area contributed by atoms with Crippen LogP contribution in [0, 0.1) is 0 Å². The van der Waals surface area contributed by atoms with Crippen LogP contribution < -0.4 is 19.5 Å². The molecule has 2 aromatic carbocycles. The van der Waals surface area contributed by atoms with E-state index in [0.717, 1.165) is 5.56 Å². The fourth-order valence-electron chi connectivity index (χ4n) is 2.79. The van der Waals surface area contributed by atoms with Crippen LogP contribution in [0.5, 0.6) is 11.5 Å². The number of fused-ring (bicyclic) bond motifs is 1. The summed E-state index contributed by atoms with van der Waals surface area (Å²) in [4.78, 5) is 12.4. The molecule has 9 heteroatoms. The molecule has 1 aliphatic heterocycles. The second kappa shape index (κ2) is 9.30. The van der Waals surface area contributed by atoms with Crippen LogP contribution >= 0.6 is 11.6 Å². The van der Waals surface area contributed by atoms with E-state index in [1.165, 1.54) is 24.3 Å². The van der Waals surface area contributed by atoms with E-state index in [0.29, 0.717) is 42.7 Å². The Hall–Kier alpha value is -2.55. The van der Waals surface area contributed by atoms with Crippen molar-refractivity contribution in [2.24, 2.45) is 0 Å². The third kappa shape index (κ3) is 5.29. The molecule has 0 saturated heterocycles. The van der Waals surface area contributed by atoms with Gasteiger partial charge in [0.25, 0.3) is 5.91 Å². The summed E-state index contributed by atoms with van der Waals surface area (Å²) in [6.45, 7) is 4.85. The van der Waals surface area contributed by atoms with E-state index in [2.05, 4.69) is 16.6 Å². The van der Waals surface area contributed by atoms with E-state index in [9.17, 15) is 13.2 Å². The summed E-state index contributed by atoms with van der Waals surface area (Å²) < 4.78 is 37.8. The Morgan fingerprint density at radius 1 is 1.21 bits per heavy atom. The molecule has 0 aliphatic carbocycles. The normalized spacial score (nSPS) is 13.0. The number of rotatable bonds is 8. The van der Waals surface area contributed by atoms with Crippen molar-refractivity contribution in [3.63, 3.8) is 0 Å². The lowest BCUT2D eigenvalue weighted by atomic mass is 10.1. The quantitative estimate of drug-likeness (QED) is 0.620. The molecule has 0 atom stereocenters. The molecule has 0 fully saturated rings. The van der Waals surface area contributed by atoms with Crippen molar-refractivity contribution in [2.45, 2.75) is 11.3 Å². The van der Waals surface area contributed by atoms with Crippen LogP contribution in [0.4, 0.5) is 0 Å². The van der Waals surface area contributed by atoms with E-state index in [-0.39, 0.29) is 22.9 Å². The van der Waals surface area contributed by atoms with Gasteiger partial charge in [-0.05, 0) is 42.3 Å². The third-order valence-corrected chi connectivity index (χ3v) is 5.88. The Labute approximate surface area is 174 Å². The Morgan fingerprint density at radius 3 is 2.79 bits per heavy atom. The van der Waals surface area contributed by atoms with Gasteiger partial charge in [-0.25, -0.2) is 13.1 Å². The zero-order chi connectivity index (χ0) is 20.9. The number of amides is 1. The topological polar surface area (TPSA) is 93.7 Å². The predicted molar refractivity (Wildman–Crippen MR) is 110 cm³/mol. The van der Waals surface area contributed by atoms with Gasteiger partial charge in [-0.2, -0.15) is 0 Å². The molecule has 7 nitrogen and oxygen atoms in total. The lowest BCUT2D eigenvalue weighted by Crippen LogP contribution is -2.27. The maximum atomic E-state index is 12.4. The lowest BCUT2D eigenvalue weighted by molar-refractivity contribution is 0.0954. The predicted octanol–water partition coefficient (Wildman–Crippen LogP) is 2.55. The zero-order valence-corrected chi connectivity index (χ0v) is 17.2. The number of hydrogen-bond donors (Lipinski definition) is 2. The minimum absolute atomic E-state index is 0.0191. The maximum Gasteiger partial charge on any atom is 0.251 e. The van der Waals surface area contributed by atoms with Crippen molar-refractivity contribution >= 4 is 27.5 Å². The van der Waals surface area contributed by atoms with E-state index in [1.807, 2.05) is 6.07 Å². The van der Waals surface area contributed by atoms with Crippen molar-refractivity contribution in [2.75, 3.05) is 26.3 Å². The van der Waals surface area contributed by atoms with Crippen LogP contribution in [0.3, 0.4) is 0 Å². The summed E-state index contributed by atoms with van der Waals surface area (Å²) in [6.07, 6.45) is 1.97. The van der Waals surface area contributed by atoms with Gasteiger partial charge in [0.15, 0.2) is 11.5 Å². The van der Waals surface area contributed by atoms with Gasteiger partial charge in [-0.15, -0.1) is 6.58 Å². The minimum Gasteiger partial charge on any atom is -0.486 e. The van der Waals surface area contributed by atoms with E-state index < -0.39 is 10.0 Å². The van der Waals surface area contributed by atoms with Crippen LogP contribution in [0.25, 0.3) is 0 Å². The smallest absolute Gasteiger partial charge is 0.251 e. The Morgan fingerprint density at radius 2 is 2.00 bits per heavy atom. The average molecular weight is 437 g/mol. The largest absolute Gasteiger partial charge is 0.486 e. The van der Waals surface area contributed by atoms with Gasteiger partial charge in [0, 0.05) is 18.7 Å². The second-order valence-corrected chi connectivity index (χ2v) is 8.45. The summed E-state index contributed by atoms with van der Waals surface area (Å²) in [5.74, 6) is 0.762. The average Bonchev–Trinajstić information content (AvgIpc) is 2.72. The van der Waals surface area contributed by atoms with Gasteiger partial charge in [-0.1, -0.05) is 23.7 Å². The molecule has 0 radical (unpaired) electrons. The lowest BCUT2D eigenvalue weighted by Gasteiger charge is -2.20. The summed E-state index contributed by atoms with van der Waals surface area (Å²) in [5.41, 5.74) is 1.15. The number of halogens is 1. The van der Waals surface area contributed by atoms with Crippen molar-refractivity contribution < 1.29 is 22.7 Å². The summed E-state index contributed by atoms with van der Waals surface area (Å²) in [7, 11) is -3.70. The number of sulfonamides is 1. The number of carbonyl (C=O) groups is 1. The molecule has 1 heterocycles. The maximum absolute atomic E-state index is 12.4. The molecule has 3 rings (SSSR count). The van der Waals surface area contributed by atoms with Crippen LogP contribution in [-0.2, 0) is 16.4 Å². The fraction of sp³-hybridized carbons (Fsp3) is 0.250. The highest BCUT2D eigenvalue weighted by atomic mass is 35.5. The highest BCUT2D eigenvalue weighted by Gasteiger charge is 2.17. The van der Waals surface area contributed by atoms with Crippen molar-refractivity contribution in [1.82, 2.24) is 10.0 Å². The summed E-state index contributed by atoms with van der Waals surface area (Å²) >= 11 is 6.22. The van der Waals surface area contributed by atoms with Gasteiger partial charge < -0.3 is 14.8 Å². The van der Waals surface area contributed by atoms with Gasteiger partial charge in [0.05, 0.1) is 9.92 Å². The molecule has 2 aromatic rings. The van der Waals surface area contributed by atoms with Gasteiger partial charge in [-0.3, -0.25) is 4.79 Å². The SMILES string of the molecule is C=CCNS(=O)(=O)c1cccc(C(=O)NCCc2cc(Cl)c3c(c2)OCCO3)c1. The monoisotopic (exact) mass is 436 g/mol. The number of hydrogen-bond acceptors (Lipinski definition) is 5. The van der Waals surface area contributed by atoms with Gasteiger partial charge in [0.1, 0.15) is 13.2 Å². The van der Waals surface area contributed by atoms with Crippen molar-refractivity contribution in [3.8, 4) is 11.5 Å². The number of carbonyl (C=O) groups excluding carboxylic acids is 1. The van der Waals surface area contributed by atoms with Gasteiger partial charge in [0.2, 0.25) is 10.0 Å². The fourth-order valence-corrected chi connectivity index (χ4v) is 4.12. The molecule has 0 saturated carbocycles. The molecular weight excluding hydrogens is 416 g/mol. The Bertz CT molecular complexity index is 1020. The van der Waals surface area contributed by atoms with Crippen molar-refractivity contribution in [3.05, 3.63) is 65.2 Å². The summed E-state index contributed by atoms with van der Waals surface area (Å²) in [6, 6.07) is 9.46. The second-order valence-electron chi connectivity index (χ2n) is 6.28. The van der Waals surface area contributed by atoms with Crippen molar-refractivity contribution in [1.29, 1.82) is 0 Å². The first-order chi connectivity index (χ1) is 13.9. The van der Waals surface area contributed by atoms with E-state index >= 15 is 0 Å². The highest BCUT2D eigenvalue weighted by molar-refractivity contribution is 7.89. The van der Waals surface area contributed by atoms with Crippen LogP contribution in [0.1, 0.15) is 15.9 Å². The first kappa shape index (κ1) is 21.2. The molecule has 0 unspecified atom stereocenters. The third-order valence-electron chi connectivity index (χ3n) is 4.18. The Balaban J connectivity index is 1.62. The Kier molecular flexibility index (Phi) is 6.79. The molecule has 0 spiro atoms. The molecule has 0 bridgehead atoms. The summed E-state index contributed by atoms with van der Waals surface area (Å²) in [5, 5.41) is 3.25. The molecular formula is C20H21ClN2O5S. The molecule has 2 N–H and O–H groups in total. The molecule has 1 amide bonds. The number of ether oxygens (including phenoxy) is 2. The number of nitrogens with one attached hydrogen (secondary N) is 2. The molecule has 29 heavy (non-hydrogen) atoms. The van der Waals surface area contributed by atoms with E-state index in [4.69, 9.17) is 21.1 Å². The molecule has 1 aliphatic rings. The first-order valence-electron chi connectivity index (χ1n) is 8.97. The van der Waals surface area contributed by atoms with Crippen LogP contribution in [-0.4, -0.2) is 40.6 Å².